The minimum absolute atomic E-state index is 0.0357. The van der Waals surface area contributed by atoms with Crippen molar-refractivity contribution in [1.82, 2.24) is 0 Å². The molecule has 0 radical (unpaired) electrons. The van der Waals surface area contributed by atoms with Crippen molar-refractivity contribution in [2.45, 2.75) is 85.5 Å². The second-order valence-electron chi connectivity index (χ2n) is 16.5. The van der Waals surface area contributed by atoms with Crippen LogP contribution in [0.4, 0.5) is 34.1 Å². The number of rotatable bonds is 13. The minimum Gasteiger partial charge on any atom is -0.311 e. The standard InChI is InChI=1S/C55H56N2/c1-7-9-11-41-16-25-46(26-17-41)56(45-23-13-39(3)14-24-45)49-31-33-50(34-32-49)57(47-27-18-42(19-28-47)12-10-8-2)48-29-20-43(21-30-48)44-22-36-52-51-35-15-40(4)37-53(51)55(5,6)54(52)38-44/h13-38H,7-12H2,1-6H3. The van der Waals surface area contributed by atoms with Gasteiger partial charge in [-0.3, -0.25) is 0 Å². The molecule has 0 saturated carbocycles. The Bertz CT molecular complexity index is 2440. The van der Waals surface area contributed by atoms with Gasteiger partial charge < -0.3 is 9.80 Å². The molecule has 0 aromatic heterocycles. The van der Waals surface area contributed by atoms with Gasteiger partial charge in [-0.1, -0.05) is 131 Å². The van der Waals surface area contributed by atoms with Crippen molar-refractivity contribution in [1.29, 1.82) is 0 Å². The van der Waals surface area contributed by atoms with E-state index in [4.69, 9.17) is 0 Å². The first kappa shape index (κ1) is 38.0. The summed E-state index contributed by atoms with van der Waals surface area (Å²) in [6, 6.07) is 59.3. The predicted octanol–water partition coefficient (Wildman–Crippen LogP) is 15.9. The Hall–Kier alpha value is -5.86. The van der Waals surface area contributed by atoms with Gasteiger partial charge in [0.25, 0.3) is 0 Å². The number of aryl methyl sites for hydroxylation is 4. The number of anilines is 6. The molecule has 0 aliphatic heterocycles. The van der Waals surface area contributed by atoms with Crippen LogP contribution in [0.5, 0.6) is 0 Å². The Morgan fingerprint density at radius 2 is 0.737 bits per heavy atom. The number of unbranched alkanes of at least 4 members (excludes halogenated alkanes) is 2. The Balaban J connectivity index is 1.14. The van der Waals surface area contributed by atoms with E-state index in [-0.39, 0.29) is 5.41 Å². The highest BCUT2D eigenvalue weighted by atomic mass is 15.2. The lowest BCUT2D eigenvalue weighted by atomic mass is 9.81. The maximum atomic E-state index is 2.42. The fraction of sp³-hybridized carbons (Fsp3) is 0.236. The van der Waals surface area contributed by atoms with E-state index >= 15 is 0 Å². The molecule has 286 valence electrons. The van der Waals surface area contributed by atoms with E-state index in [9.17, 15) is 0 Å². The van der Waals surface area contributed by atoms with Crippen LogP contribution >= 0.6 is 0 Å². The van der Waals surface area contributed by atoms with Crippen LogP contribution in [0.2, 0.25) is 0 Å². The average molecular weight is 745 g/mol. The highest BCUT2D eigenvalue weighted by Gasteiger charge is 2.35. The molecular formula is C55H56N2. The van der Waals surface area contributed by atoms with Crippen molar-refractivity contribution in [3.05, 3.63) is 191 Å². The van der Waals surface area contributed by atoms with Gasteiger partial charge in [0, 0.05) is 39.5 Å². The molecule has 0 unspecified atom stereocenters. The van der Waals surface area contributed by atoms with Crippen molar-refractivity contribution < 1.29 is 0 Å². The Kier molecular flexibility index (Phi) is 10.9. The molecule has 7 aromatic carbocycles. The lowest BCUT2D eigenvalue weighted by Crippen LogP contribution is -2.15. The topological polar surface area (TPSA) is 6.48 Å². The Morgan fingerprint density at radius 3 is 1.19 bits per heavy atom. The lowest BCUT2D eigenvalue weighted by Gasteiger charge is -2.29. The molecule has 0 heterocycles. The van der Waals surface area contributed by atoms with Gasteiger partial charge in [0.1, 0.15) is 0 Å². The minimum atomic E-state index is -0.0357. The SMILES string of the molecule is CCCCc1ccc(N(c2ccc(C)cc2)c2ccc(N(c3ccc(CCCC)cc3)c3ccc(-c4ccc5c(c4)C(C)(C)c4cc(C)ccc4-5)cc3)cc2)cc1. The summed E-state index contributed by atoms with van der Waals surface area (Å²) in [7, 11) is 0. The van der Waals surface area contributed by atoms with E-state index in [1.807, 2.05) is 0 Å². The molecule has 0 amide bonds. The maximum Gasteiger partial charge on any atom is 0.0463 e. The highest BCUT2D eigenvalue weighted by molar-refractivity contribution is 5.85. The van der Waals surface area contributed by atoms with Crippen LogP contribution in [0.1, 0.15) is 86.8 Å². The molecule has 8 rings (SSSR count). The first-order chi connectivity index (χ1) is 27.7. The lowest BCUT2D eigenvalue weighted by molar-refractivity contribution is 0.660. The van der Waals surface area contributed by atoms with Crippen LogP contribution in [0.3, 0.4) is 0 Å². The molecule has 7 aromatic rings. The van der Waals surface area contributed by atoms with Crippen molar-refractivity contribution in [3.8, 4) is 22.3 Å². The smallest absolute Gasteiger partial charge is 0.0463 e. The Morgan fingerprint density at radius 1 is 0.386 bits per heavy atom. The zero-order chi connectivity index (χ0) is 39.5. The largest absolute Gasteiger partial charge is 0.311 e. The summed E-state index contributed by atoms with van der Waals surface area (Å²) in [5.41, 5.74) is 20.2. The molecule has 0 bridgehead atoms. The van der Waals surface area contributed by atoms with Gasteiger partial charge in [0.05, 0.1) is 0 Å². The van der Waals surface area contributed by atoms with Gasteiger partial charge in [0.15, 0.2) is 0 Å². The van der Waals surface area contributed by atoms with Crippen molar-refractivity contribution in [3.63, 3.8) is 0 Å². The first-order valence-electron chi connectivity index (χ1n) is 21.0. The zero-order valence-electron chi connectivity index (χ0n) is 34.6. The van der Waals surface area contributed by atoms with Gasteiger partial charge in [-0.05, 0) is 163 Å². The third kappa shape index (κ3) is 7.79. The maximum absolute atomic E-state index is 2.42. The second kappa shape index (κ2) is 16.3. The summed E-state index contributed by atoms with van der Waals surface area (Å²) in [6.45, 7) is 13.6. The van der Waals surface area contributed by atoms with E-state index in [0.29, 0.717) is 0 Å². The zero-order valence-corrected chi connectivity index (χ0v) is 34.6. The fourth-order valence-corrected chi connectivity index (χ4v) is 8.56. The van der Waals surface area contributed by atoms with Crippen molar-refractivity contribution in [2.75, 3.05) is 9.80 Å². The number of fused-ring (bicyclic) bond motifs is 3. The summed E-state index contributed by atoms with van der Waals surface area (Å²) in [5, 5.41) is 0. The van der Waals surface area contributed by atoms with Crippen LogP contribution in [0.25, 0.3) is 22.3 Å². The monoisotopic (exact) mass is 744 g/mol. The number of hydrogen-bond donors (Lipinski definition) is 0. The summed E-state index contributed by atoms with van der Waals surface area (Å²) in [4.78, 5) is 4.76. The third-order valence-corrected chi connectivity index (χ3v) is 12.0. The van der Waals surface area contributed by atoms with Gasteiger partial charge in [-0.15, -0.1) is 0 Å². The normalized spacial score (nSPS) is 12.6. The van der Waals surface area contributed by atoms with Gasteiger partial charge in [-0.25, -0.2) is 0 Å². The van der Waals surface area contributed by atoms with Crippen LogP contribution in [0, 0.1) is 13.8 Å². The van der Waals surface area contributed by atoms with Gasteiger partial charge in [-0.2, -0.15) is 0 Å². The van der Waals surface area contributed by atoms with Crippen LogP contribution in [-0.2, 0) is 18.3 Å². The molecule has 2 heteroatoms. The fourth-order valence-electron chi connectivity index (χ4n) is 8.56. The Labute approximate surface area is 341 Å². The predicted molar refractivity (Wildman–Crippen MR) is 246 cm³/mol. The van der Waals surface area contributed by atoms with E-state index in [2.05, 4.69) is 209 Å². The van der Waals surface area contributed by atoms with Gasteiger partial charge in [0.2, 0.25) is 0 Å². The third-order valence-electron chi connectivity index (χ3n) is 12.0. The van der Waals surface area contributed by atoms with Crippen molar-refractivity contribution >= 4 is 34.1 Å². The first-order valence-corrected chi connectivity index (χ1v) is 21.0. The summed E-state index contributed by atoms with van der Waals surface area (Å²) >= 11 is 0. The highest BCUT2D eigenvalue weighted by Crippen LogP contribution is 2.50. The van der Waals surface area contributed by atoms with Crippen LogP contribution < -0.4 is 9.80 Å². The quantitative estimate of drug-likeness (QED) is 0.116. The number of benzene rings is 7. The molecule has 1 aliphatic rings. The molecule has 0 spiro atoms. The number of nitrogens with zero attached hydrogens (tertiary/aromatic N) is 2. The second-order valence-corrected chi connectivity index (χ2v) is 16.5. The van der Waals surface area contributed by atoms with Crippen LogP contribution in [0.15, 0.2) is 158 Å². The van der Waals surface area contributed by atoms with E-state index in [1.165, 1.54) is 81.3 Å². The summed E-state index contributed by atoms with van der Waals surface area (Å²) < 4.78 is 0. The molecule has 0 fully saturated rings. The molecule has 2 nitrogen and oxygen atoms in total. The van der Waals surface area contributed by atoms with E-state index < -0.39 is 0 Å². The van der Waals surface area contributed by atoms with Gasteiger partial charge >= 0.3 is 0 Å². The molecule has 57 heavy (non-hydrogen) atoms. The van der Waals surface area contributed by atoms with Crippen molar-refractivity contribution in [2.24, 2.45) is 0 Å². The summed E-state index contributed by atoms with van der Waals surface area (Å²) in [5.74, 6) is 0. The summed E-state index contributed by atoms with van der Waals surface area (Å²) in [6.07, 6.45) is 7.05. The molecular weight excluding hydrogens is 689 g/mol. The molecule has 0 N–H and O–H groups in total. The molecule has 0 saturated heterocycles. The molecule has 1 aliphatic carbocycles. The molecule has 0 atom stereocenters. The van der Waals surface area contributed by atoms with E-state index in [0.717, 1.165) is 47.0 Å². The van der Waals surface area contributed by atoms with E-state index in [1.54, 1.807) is 0 Å². The number of hydrogen-bond acceptors (Lipinski definition) is 2. The average Bonchev–Trinajstić information content (AvgIpc) is 3.46. The van der Waals surface area contributed by atoms with Crippen LogP contribution in [-0.4, -0.2) is 0 Å².